The molecule has 0 saturated heterocycles. The first-order valence-corrected chi connectivity index (χ1v) is 6.65. The molecule has 3 rings (SSSR count). The normalized spacial score (nSPS) is 10.5. The second-order valence-electron chi connectivity index (χ2n) is 4.82. The minimum atomic E-state index is -0.159. The SMILES string of the molecule is Cn1nc(-c2ccccc2)c(-c2ccccc2N)cc1=O. The Labute approximate surface area is 122 Å². The monoisotopic (exact) mass is 277 g/mol. The van der Waals surface area contributed by atoms with E-state index < -0.39 is 0 Å². The van der Waals surface area contributed by atoms with Crippen molar-refractivity contribution in [3.05, 3.63) is 71.0 Å². The standard InChI is InChI=1S/C17H15N3O/c1-20-16(21)11-14(13-9-5-6-10-15(13)18)17(19-20)12-7-3-2-4-8-12/h2-11H,18H2,1H3. The molecule has 3 aromatic rings. The zero-order valence-electron chi connectivity index (χ0n) is 11.7. The molecule has 0 atom stereocenters. The second kappa shape index (κ2) is 5.25. The van der Waals surface area contributed by atoms with E-state index in [4.69, 9.17) is 5.73 Å². The molecule has 0 radical (unpaired) electrons. The Morgan fingerprint density at radius 3 is 2.33 bits per heavy atom. The molecule has 0 aliphatic carbocycles. The van der Waals surface area contributed by atoms with Crippen LogP contribution < -0.4 is 11.3 Å². The smallest absolute Gasteiger partial charge is 0.267 e. The highest BCUT2D eigenvalue weighted by Crippen LogP contribution is 2.32. The Balaban J connectivity index is 2.32. The van der Waals surface area contributed by atoms with E-state index in [-0.39, 0.29) is 5.56 Å². The molecule has 4 heteroatoms. The second-order valence-corrected chi connectivity index (χ2v) is 4.82. The summed E-state index contributed by atoms with van der Waals surface area (Å²) in [6, 6.07) is 18.8. The van der Waals surface area contributed by atoms with Gasteiger partial charge in [-0.2, -0.15) is 5.10 Å². The average molecular weight is 277 g/mol. The topological polar surface area (TPSA) is 60.9 Å². The number of rotatable bonds is 2. The molecule has 0 saturated carbocycles. The number of hydrogen-bond acceptors (Lipinski definition) is 3. The van der Waals surface area contributed by atoms with E-state index in [2.05, 4.69) is 5.10 Å². The van der Waals surface area contributed by atoms with Gasteiger partial charge in [-0.1, -0.05) is 48.5 Å². The number of nitrogens with two attached hydrogens (primary N) is 1. The summed E-state index contributed by atoms with van der Waals surface area (Å²) in [5.74, 6) is 0. The molecule has 104 valence electrons. The summed E-state index contributed by atoms with van der Waals surface area (Å²) < 4.78 is 1.34. The van der Waals surface area contributed by atoms with E-state index in [9.17, 15) is 4.79 Å². The number of benzene rings is 2. The minimum absolute atomic E-state index is 0.159. The average Bonchev–Trinajstić information content (AvgIpc) is 2.51. The molecule has 0 aliphatic heterocycles. The van der Waals surface area contributed by atoms with Crippen molar-refractivity contribution in [1.29, 1.82) is 0 Å². The molecule has 0 aliphatic rings. The largest absolute Gasteiger partial charge is 0.398 e. The molecule has 21 heavy (non-hydrogen) atoms. The first-order chi connectivity index (χ1) is 10.2. The Morgan fingerprint density at radius 2 is 1.62 bits per heavy atom. The summed E-state index contributed by atoms with van der Waals surface area (Å²) in [7, 11) is 1.65. The van der Waals surface area contributed by atoms with E-state index in [1.807, 2.05) is 54.6 Å². The number of nitrogen functional groups attached to an aromatic ring is 1. The summed E-state index contributed by atoms with van der Waals surface area (Å²) in [6.07, 6.45) is 0. The van der Waals surface area contributed by atoms with Gasteiger partial charge in [0, 0.05) is 35.5 Å². The highest BCUT2D eigenvalue weighted by Gasteiger charge is 2.13. The quantitative estimate of drug-likeness (QED) is 0.733. The Bertz CT molecular complexity index is 838. The highest BCUT2D eigenvalue weighted by molar-refractivity contribution is 5.86. The van der Waals surface area contributed by atoms with Gasteiger partial charge in [-0.05, 0) is 6.07 Å². The Kier molecular flexibility index (Phi) is 3.28. The van der Waals surface area contributed by atoms with Crippen LogP contribution in [0.3, 0.4) is 0 Å². The lowest BCUT2D eigenvalue weighted by atomic mass is 9.99. The van der Waals surface area contributed by atoms with Crippen LogP contribution in [0.15, 0.2) is 65.5 Å². The van der Waals surface area contributed by atoms with Gasteiger partial charge in [0.15, 0.2) is 0 Å². The van der Waals surface area contributed by atoms with Crippen LogP contribution in [0.2, 0.25) is 0 Å². The third-order valence-corrected chi connectivity index (χ3v) is 3.39. The first kappa shape index (κ1) is 13.1. The fourth-order valence-corrected chi connectivity index (χ4v) is 2.30. The molecule has 1 heterocycles. The number of aromatic nitrogens is 2. The molecule has 0 bridgehead atoms. The van der Waals surface area contributed by atoms with Crippen LogP contribution in [-0.4, -0.2) is 9.78 Å². The Morgan fingerprint density at radius 1 is 0.952 bits per heavy atom. The van der Waals surface area contributed by atoms with Gasteiger partial charge < -0.3 is 5.73 Å². The third-order valence-electron chi connectivity index (χ3n) is 3.39. The number of hydrogen-bond donors (Lipinski definition) is 1. The fourth-order valence-electron chi connectivity index (χ4n) is 2.30. The Hall–Kier alpha value is -2.88. The first-order valence-electron chi connectivity index (χ1n) is 6.65. The van der Waals surface area contributed by atoms with E-state index in [1.165, 1.54) is 4.68 Å². The van der Waals surface area contributed by atoms with Crippen LogP contribution in [0, 0.1) is 0 Å². The third kappa shape index (κ3) is 2.43. The molecular formula is C17H15N3O. The van der Waals surface area contributed by atoms with Gasteiger partial charge in [-0.3, -0.25) is 4.79 Å². The summed E-state index contributed by atoms with van der Waals surface area (Å²) >= 11 is 0. The van der Waals surface area contributed by atoms with Gasteiger partial charge in [0.25, 0.3) is 5.56 Å². The summed E-state index contributed by atoms with van der Waals surface area (Å²) in [5.41, 5.74) is 9.79. The highest BCUT2D eigenvalue weighted by atomic mass is 16.1. The van der Waals surface area contributed by atoms with Crippen molar-refractivity contribution < 1.29 is 0 Å². The predicted molar refractivity (Wildman–Crippen MR) is 84.8 cm³/mol. The lowest BCUT2D eigenvalue weighted by Crippen LogP contribution is -2.19. The van der Waals surface area contributed by atoms with Gasteiger partial charge in [0.05, 0.1) is 5.69 Å². The number of anilines is 1. The van der Waals surface area contributed by atoms with Gasteiger partial charge in [-0.25, -0.2) is 4.68 Å². The van der Waals surface area contributed by atoms with Crippen molar-refractivity contribution in [3.63, 3.8) is 0 Å². The summed E-state index contributed by atoms with van der Waals surface area (Å²) in [4.78, 5) is 12.0. The van der Waals surface area contributed by atoms with Gasteiger partial charge >= 0.3 is 0 Å². The molecule has 2 N–H and O–H groups in total. The molecule has 4 nitrogen and oxygen atoms in total. The van der Waals surface area contributed by atoms with Crippen LogP contribution in [0.1, 0.15) is 0 Å². The number of aryl methyl sites for hydroxylation is 1. The molecule has 0 fully saturated rings. The number of nitrogens with zero attached hydrogens (tertiary/aromatic N) is 2. The molecule has 1 aromatic heterocycles. The van der Waals surface area contributed by atoms with E-state index in [0.717, 1.165) is 22.4 Å². The summed E-state index contributed by atoms with van der Waals surface area (Å²) in [5, 5.41) is 4.41. The maximum Gasteiger partial charge on any atom is 0.267 e. The van der Waals surface area contributed by atoms with E-state index >= 15 is 0 Å². The van der Waals surface area contributed by atoms with E-state index in [1.54, 1.807) is 13.1 Å². The van der Waals surface area contributed by atoms with Crippen molar-refractivity contribution >= 4 is 5.69 Å². The maximum absolute atomic E-state index is 12.0. The molecule has 2 aromatic carbocycles. The maximum atomic E-state index is 12.0. The van der Waals surface area contributed by atoms with Crippen LogP contribution in [0.5, 0.6) is 0 Å². The lowest BCUT2D eigenvalue weighted by Gasteiger charge is -2.12. The minimum Gasteiger partial charge on any atom is -0.398 e. The van der Waals surface area contributed by atoms with Gasteiger partial charge in [0.2, 0.25) is 0 Å². The molecule has 0 unspecified atom stereocenters. The van der Waals surface area contributed by atoms with Crippen molar-refractivity contribution in [2.75, 3.05) is 5.73 Å². The predicted octanol–water partition coefficient (Wildman–Crippen LogP) is 2.70. The van der Waals surface area contributed by atoms with Crippen molar-refractivity contribution in [2.24, 2.45) is 7.05 Å². The molecule has 0 amide bonds. The zero-order valence-corrected chi connectivity index (χ0v) is 11.7. The fraction of sp³-hybridized carbons (Fsp3) is 0.0588. The zero-order chi connectivity index (χ0) is 14.8. The molecular weight excluding hydrogens is 262 g/mol. The van der Waals surface area contributed by atoms with Crippen LogP contribution >= 0.6 is 0 Å². The van der Waals surface area contributed by atoms with Crippen molar-refractivity contribution in [2.45, 2.75) is 0 Å². The molecule has 0 spiro atoms. The van der Waals surface area contributed by atoms with Crippen LogP contribution in [0.4, 0.5) is 5.69 Å². The van der Waals surface area contributed by atoms with Crippen molar-refractivity contribution in [3.8, 4) is 22.4 Å². The van der Waals surface area contributed by atoms with Crippen molar-refractivity contribution in [1.82, 2.24) is 9.78 Å². The lowest BCUT2D eigenvalue weighted by molar-refractivity contribution is 0.713. The van der Waals surface area contributed by atoms with Crippen LogP contribution in [-0.2, 0) is 7.05 Å². The van der Waals surface area contributed by atoms with Crippen LogP contribution in [0.25, 0.3) is 22.4 Å². The van der Waals surface area contributed by atoms with Gasteiger partial charge in [-0.15, -0.1) is 0 Å². The summed E-state index contributed by atoms with van der Waals surface area (Å²) in [6.45, 7) is 0. The van der Waals surface area contributed by atoms with Gasteiger partial charge in [0.1, 0.15) is 0 Å². The van der Waals surface area contributed by atoms with E-state index in [0.29, 0.717) is 5.69 Å². The number of para-hydroxylation sites is 1.